The molecule has 0 aromatic heterocycles. The lowest BCUT2D eigenvalue weighted by atomic mass is 9.78. The van der Waals surface area contributed by atoms with Crippen molar-refractivity contribution >= 4 is 23.7 Å². The Bertz CT molecular complexity index is 1220. The van der Waals surface area contributed by atoms with Gasteiger partial charge in [-0.15, -0.1) is 0 Å². The van der Waals surface area contributed by atoms with E-state index in [0.717, 1.165) is 18.2 Å². The molecule has 0 spiro atoms. The maximum absolute atomic E-state index is 14.3. The third kappa shape index (κ3) is 4.96. The molecule has 1 heterocycles. The Kier molecular flexibility index (Phi) is 7.41. The molecule has 0 radical (unpaired) electrons. The van der Waals surface area contributed by atoms with E-state index >= 15 is 0 Å². The lowest BCUT2D eigenvalue weighted by Crippen LogP contribution is -2.53. The molecule has 2 amide bonds. The van der Waals surface area contributed by atoms with Crippen LogP contribution < -0.4 is 11.1 Å². The fraction of sp³-hybridized carbons (Fsp3) is 0.280. The minimum absolute atomic E-state index is 0.0270. The highest BCUT2D eigenvalue weighted by Gasteiger charge is 2.45. The van der Waals surface area contributed by atoms with E-state index in [-0.39, 0.29) is 34.2 Å². The van der Waals surface area contributed by atoms with E-state index in [9.17, 15) is 18.4 Å². The summed E-state index contributed by atoms with van der Waals surface area (Å²) in [7, 11) is 1.53. The topological polar surface area (TPSA) is 112 Å². The number of carbonyl (C=O) groups is 2. The lowest BCUT2D eigenvalue weighted by Gasteiger charge is -2.42. The normalized spacial score (nSPS) is 18.2. The summed E-state index contributed by atoms with van der Waals surface area (Å²) < 4.78 is 28.3. The molecule has 0 aliphatic carbocycles. The lowest BCUT2D eigenvalue weighted by molar-refractivity contribution is -0.118. The van der Waals surface area contributed by atoms with Crippen LogP contribution in [-0.4, -0.2) is 42.6 Å². The van der Waals surface area contributed by atoms with E-state index in [1.807, 2.05) is 19.9 Å². The zero-order chi connectivity index (χ0) is 25.0. The third-order valence-corrected chi connectivity index (χ3v) is 5.44. The molecule has 0 bridgehead atoms. The minimum atomic E-state index is -1.08. The van der Waals surface area contributed by atoms with Gasteiger partial charge < -0.3 is 16.0 Å². The van der Waals surface area contributed by atoms with Crippen molar-refractivity contribution in [2.45, 2.75) is 25.8 Å². The van der Waals surface area contributed by atoms with Crippen LogP contribution in [-0.2, 0) is 4.79 Å². The summed E-state index contributed by atoms with van der Waals surface area (Å²) >= 11 is 0. The second-order valence-electron chi connectivity index (χ2n) is 8.39. The number of carbonyl (C=O) groups excluding carboxylic acids is 2. The van der Waals surface area contributed by atoms with Crippen LogP contribution in [0, 0.1) is 28.9 Å². The number of nitrogens with one attached hydrogen (secondary N) is 1. The average molecular weight is 466 g/mol. The number of fused-ring (bicyclic) bond motifs is 1. The summed E-state index contributed by atoms with van der Waals surface area (Å²) in [6, 6.07) is 8.07. The fourth-order valence-corrected chi connectivity index (χ4v) is 4.18. The van der Waals surface area contributed by atoms with Crippen LogP contribution >= 0.6 is 0 Å². The molecule has 0 saturated carbocycles. The molecule has 1 aliphatic rings. The number of amides is 2. The maximum Gasteiger partial charge on any atom is 0.254 e. The van der Waals surface area contributed by atoms with Gasteiger partial charge in [-0.2, -0.15) is 5.26 Å². The molecule has 176 valence electrons. The van der Waals surface area contributed by atoms with E-state index in [4.69, 9.17) is 11.0 Å². The Morgan fingerprint density at radius 1 is 1.26 bits per heavy atom. The van der Waals surface area contributed by atoms with Gasteiger partial charge >= 0.3 is 0 Å². The second-order valence-corrected chi connectivity index (χ2v) is 8.39. The van der Waals surface area contributed by atoms with Gasteiger partial charge in [0.25, 0.3) is 5.91 Å². The first kappa shape index (κ1) is 24.6. The molecule has 1 unspecified atom stereocenters. The molecule has 2 aromatic carbocycles. The van der Waals surface area contributed by atoms with Crippen molar-refractivity contribution in [1.29, 1.82) is 5.26 Å². The standard InChI is InChI=1S/C25H25F2N5O2/c1-14(2)13-32-23(16(11-29)12-30-3)22(21-9-17(26)4-5-20(21)25(32)34)24(33)31-19-7-15(10-28)6-18(27)8-19/h4-9,11-12,14,22-23H,13,29H2,1-3H3,(H,31,33)/t22-,23?/m1/s1. The predicted octanol–water partition coefficient (Wildman–Crippen LogP) is 3.58. The van der Waals surface area contributed by atoms with E-state index in [0.29, 0.717) is 12.1 Å². The summed E-state index contributed by atoms with van der Waals surface area (Å²) in [6.07, 6.45) is 2.71. The van der Waals surface area contributed by atoms with E-state index in [1.54, 1.807) is 0 Å². The zero-order valence-electron chi connectivity index (χ0n) is 19.0. The number of hydrogen-bond acceptors (Lipinski definition) is 5. The Morgan fingerprint density at radius 2 is 2.00 bits per heavy atom. The van der Waals surface area contributed by atoms with Gasteiger partial charge in [0.05, 0.1) is 23.6 Å². The van der Waals surface area contributed by atoms with Crippen molar-refractivity contribution < 1.29 is 18.4 Å². The molecular formula is C25H25F2N5O2. The quantitative estimate of drug-likeness (QED) is 0.635. The van der Waals surface area contributed by atoms with Crippen molar-refractivity contribution in [2.24, 2.45) is 16.6 Å². The maximum atomic E-state index is 14.3. The highest BCUT2D eigenvalue weighted by molar-refractivity contribution is 6.06. The van der Waals surface area contributed by atoms with Crippen LogP contribution in [0.4, 0.5) is 14.5 Å². The summed E-state index contributed by atoms with van der Waals surface area (Å²) in [4.78, 5) is 32.6. The molecular weight excluding hydrogens is 440 g/mol. The number of nitrogens with two attached hydrogens (primary N) is 1. The summed E-state index contributed by atoms with van der Waals surface area (Å²) in [5.41, 5.74) is 6.73. The molecule has 2 atom stereocenters. The summed E-state index contributed by atoms with van der Waals surface area (Å²) in [5.74, 6) is -3.31. The number of nitriles is 1. The van der Waals surface area contributed by atoms with Crippen LogP contribution in [0.2, 0.25) is 0 Å². The summed E-state index contributed by atoms with van der Waals surface area (Å²) in [5, 5.41) is 11.8. The van der Waals surface area contributed by atoms with Crippen molar-refractivity contribution in [3.63, 3.8) is 0 Å². The average Bonchev–Trinajstić information content (AvgIpc) is 2.78. The first-order valence-electron chi connectivity index (χ1n) is 10.7. The molecule has 34 heavy (non-hydrogen) atoms. The van der Waals surface area contributed by atoms with Gasteiger partial charge in [0.2, 0.25) is 5.91 Å². The molecule has 1 aliphatic heterocycles. The Hall–Kier alpha value is -4.06. The van der Waals surface area contributed by atoms with Crippen molar-refractivity contribution in [3.05, 3.63) is 76.5 Å². The SMILES string of the molecule is CN=CC(=CN)C1[C@H](C(=O)Nc2cc(F)cc(C#N)c2)c2cc(F)ccc2C(=O)N1CC(C)C. The minimum Gasteiger partial charge on any atom is -0.404 e. The van der Waals surface area contributed by atoms with Gasteiger partial charge in [-0.05, 0) is 47.9 Å². The van der Waals surface area contributed by atoms with Gasteiger partial charge in [-0.25, -0.2) is 8.78 Å². The number of benzene rings is 2. The van der Waals surface area contributed by atoms with E-state index in [2.05, 4.69) is 10.3 Å². The Morgan fingerprint density at radius 3 is 2.62 bits per heavy atom. The number of nitrogens with zero attached hydrogens (tertiary/aromatic N) is 3. The van der Waals surface area contributed by atoms with Crippen LogP contribution in [0.1, 0.15) is 41.3 Å². The van der Waals surface area contributed by atoms with Gasteiger partial charge in [0.1, 0.15) is 11.6 Å². The molecule has 9 heteroatoms. The van der Waals surface area contributed by atoms with Gasteiger partial charge in [-0.3, -0.25) is 14.6 Å². The molecule has 2 aromatic rings. The largest absolute Gasteiger partial charge is 0.404 e. The number of anilines is 1. The van der Waals surface area contributed by atoms with Gasteiger partial charge in [0, 0.05) is 42.8 Å². The first-order chi connectivity index (χ1) is 16.2. The summed E-state index contributed by atoms with van der Waals surface area (Å²) in [6.45, 7) is 4.16. The molecule has 3 N–H and O–H groups in total. The van der Waals surface area contributed by atoms with E-state index < -0.39 is 29.5 Å². The second kappa shape index (κ2) is 10.3. The molecule has 0 saturated heterocycles. The van der Waals surface area contributed by atoms with Crippen LogP contribution in [0.15, 0.2) is 53.2 Å². The highest BCUT2D eigenvalue weighted by atomic mass is 19.1. The predicted molar refractivity (Wildman–Crippen MR) is 125 cm³/mol. The monoisotopic (exact) mass is 465 g/mol. The van der Waals surface area contributed by atoms with Crippen molar-refractivity contribution in [2.75, 3.05) is 18.9 Å². The molecule has 0 fully saturated rings. The number of halogens is 2. The Balaban J connectivity index is 2.20. The van der Waals surface area contributed by atoms with Crippen molar-refractivity contribution in [3.8, 4) is 6.07 Å². The van der Waals surface area contributed by atoms with Crippen LogP contribution in [0.25, 0.3) is 0 Å². The first-order valence-corrected chi connectivity index (χ1v) is 10.7. The number of rotatable bonds is 6. The smallest absolute Gasteiger partial charge is 0.254 e. The van der Waals surface area contributed by atoms with E-state index in [1.165, 1.54) is 42.6 Å². The van der Waals surface area contributed by atoms with Crippen LogP contribution in [0.5, 0.6) is 0 Å². The third-order valence-electron chi connectivity index (χ3n) is 5.44. The molecule has 7 nitrogen and oxygen atoms in total. The Labute approximate surface area is 196 Å². The molecule has 3 rings (SSSR count). The number of aliphatic imine (C=N–C) groups is 1. The van der Waals surface area contributed by atoms with Gasteiger partial charge in [-0.1, -0.05) is 13.8 Å². The fourth-order valence-electron chi connectivity index (χ4n) is 4.18. The van der Waals surface area contributed by atoms with Gasteiger partial charge in [0.15, 0.2) is 0 Å². The van der Waals surface area contributed by atoms with Crippen molar-refractivity contribution in [1.82, 2.24) is 4.90 Å². The van der Waals surface area contributed by atoms with Crippen LogP contribution in [0.3, 0.4) is 0 Å². The highest BCUT2D eigenvalue weighted by Crippen LogP contribution is 2.38. The zero-order valence-corrected chi connectivity index (χ0v) is 19.0. The number of hydrogen-bond donors (Lipinski definition) is 2.